The number of carbonyl (C=O) groups excluding carboxylic acids is 1. The largest absolute Gasteiger partial charge is 0.439 e. The number of carbonyl (C=O) groups is 1. The molecule has 3 aromatic heterocycles. The van der Waals surface area contributed by atoms with Gasteiger partial charge in [-0.3, -0.25) is 9.55 Å². The highest BCUT2D eigenvalue weighted by molar-refractivity contribution is 5.98. The SMILES string of the molecule is Cc1cncc(NC(=O)n2ccc3cc(Oc4ncnc5c4CC(C)NC5)ccc32)c1. The number of ether oxygens (including phenoxy) is 1. The molecule has 1 aliphatic rings. The van der Waals surface area contributed by atoms with Crippen LogP contribution in [0.4, 0.5) is 10.5 Å². The molecule has 2 N–H and O–H groups in total. The maximum atomic E-state index is 12.7. The molecule has 31 heavy (non-hydrogen) atoms. The number of rotatable bonds is 3. The van der Waals surface area contributed by atoms with Gasteiger partial charge < -0.3 is 15.4 Å². The molecule has 0 aliphatic carbocycles. The average Bonchev–Trinajstić information content (AvgIpc) is 3.18. The first-order valence-corrected chi connectivity index (χ1v) is 10.1. The number of benzene rings is 1. The molecule has 0 bridgehead atoms. The minimum Gasteiger partial charge on any atom is -0.439 e. The van der Waals surface area contributed by atoms with E-state index < -0.39 is 0 Å². The third kappa shape index (κ3) is 3.85. The van der Waals surface area contributed by atoms with E-state index in [0.717, 1.165) is 34.1 Å². The molecular formula is C23H22N6O2. The number of anilines is 1. The molecule has 0 saturated carbocycles. The van der Waals surface area contributed by atoms with E-state index in [1.807, 2.05) is 37.3 Å². The lowest BCUT2D eigenvalue weighted by Gasteiger charge is -2.23. The van der Waals surface area contributed by atoms with Gasteiger partial charge in [0.25, 0.3) is 0 Å². The summed E-state index contributed by atoms with van der Waals surface area (Å²) in [4.78, 5) is 25.6. The van der Waals surface area contributed by atoms with Crippen molar-refractivity contribution in [3.63, 3.8) is 0 Å². The normalized spacial score (nSPS) is 15.5. The Morgan fingerprint density at radius 1 is 1.23 bits per heavy atom. The van der Waals surface area contributed by atoms with Crippen molar-refractivity contribution < 1.29 is 9.53 Å². The van der Waals surface area contributed by atoms with Crippen LogP contribution in [0, 0.1) is 6.92 Å². The second-order valence-electron chi connectivity index (χ2n) is 7.78. The minimum absolute atomic E-state index is 0.248. The van der Waals surface area contributed by atoms with E-state index >= 15 is 0 Å². The number of nitrogens with one attached hydrogen (secondary N) is 2. The van der Waals surface area contributed by atoms with Crippen molar-refractivity contribution in [3.05, 3.63) is 72.1 Å². The number of aryl methyl sites for hydroxylation is 1. The first-order chi connectivity index (χ1) is 15.1. The van der Waals surface area contributed by atoms with Crippen molar-refractivity contribution in [2.75, 3.05) is 5.32 Å². The van der Waals surface area contributed by atoms with Crippen LogP contribution in [0.5, 0.6) is 11.6 Å². The van der Waals surface area contributed by atoms with E-state index in [9.17, 15) is 4.79 Å². The predicted octanol–water partition coefficient (Wildman–Crippen LogP) is 4.04. The number of pyridine rings is 1. The number of nitrogens with zero attached hydrogens (tertiary/aromatic N) is 4. The summed E-state index contributed by atoms with van der Waals surface area (Å²) in [5, 5.41) is 7.17. The van der Waals surface area contributed by atoms with Crippen LogP contribution in [0.3, 0.4) is 0 Å². The highest BCUT2D eigenvalue weighted by Crippen LogP contribution is 2.30. The summed E-state index contributed by atoms with van der Waals surface area (Å²) in [6, 6.07) is 9.49. The number of hydrogen-bond acceptors (Lipinski definition) is 6. The zero-order valence-corrected chi connectivity index (χ0v) is 17.3. The molecule has 5 rings (SSSR count). The summed E-state index contributed by atoms with van der Waals surface area (Å²) in [6.45, 7) is 4.77. The van der Waals surface area contributed by atoms with Crippen LogP contribution in [0.2, 0.25) is 0 Å². The molecule has 8 heteroatoms. The second-order valence-corrected chi connectivity index (χ2v) is 7.78. The van der Waals surface area contributed by atoms with E-state index in [4.69, 9.17) is 4.74 Å². The molecule has 1 unspecified atom stereocenters. The van der Waals surface area contributed by atoms with Crippen LogP contribution in [0.25, 0.3) is 10.9 Å². The lowest BCUT2D eigenvalue weighted by atomic mass is 10.0. The van der Waals surface area contributed by atoms with Crippen molar-refractivity contribution in [1.29, 1.82) is 0 Å². The molecule has 0 radical (unpaired) electrons. The first kappa shape index (κ1) is 19.2. The van der Waals surface area contributed by atoms with Gasteiger partial charge in [0.15, 0.2) is 0 Å². The van der Waals surface area contributed by atoms with E-state index in [-0.39, 0.29) is 6.03 Å². The number of fused-ring (bicyclic) bond motifs is 2. The molecule has 156 valence electrons. The van der Waals surface area contributed by atoms with Gasteiger partial charge in [0, 0.05) is 35.9 Å². The Kier molecular flexibility index (Phi) is 4.83. The molecule has 0 saturated heterocycles. The Hall–Kier alpha value is -3.78. The quantitative estimate of drug-likeness (QED) is 0.525. The molecule has 8 nitrogen and oxygen atoms in total. The summed E-state index contributed by atoms with van der Waals surface area (Å²) in [7, 11) is 0. The highest BCUT2D eigenvalue weighted by Gasteiger charge is 2.21. The fourth-order valence-electron chi connectivity index (χ4n) is 3.80. The van der Waals surface area contributed by atoms with Crippen molar-refractivity contribution in [1.82, 2.24) is 24.8 Å². The summed E-state index contributed by atoms with van der Waals surface area (Å²) in [5.41, 5.74) is 4.43. The van der Waals surface area contributed by atoms with Gasteiger partial charge in [0.05, 0.1) is 23.1 Å². The third-order valence-corrected chi connectivity index (χ3v) is 5.34. The molecule has 1 amide bonds. The standard InChI is InChI=1S/C23H22N6O2/c1-14-7-17(11-24-10-14)28-23(30)29-6-5-16-9-18(3-4-21(16)29)31-22-19-8-15(2)25-12-20(19)26-13-27-22/h3-7,9-11,13,15,25H,8,12H2,1-2H3,(H,28,30). The van der Waals surface area contributed by atoms with Gasteiger partial charge in [-0.2, -0.15) is 0 Å². The summed E-state index contributed by atoms with van der Waals surface area (Å²) >= 11 is 0. The van der Waals surface area contributed by atoms with E-state index in [0.29, 0.717) is 29.9 Å². The van der Waals surface area contributed by atoms with Crippen molar-refractivity contribution >= 4 is 22.6 Å². The molecular weight excluding hydrogens is 392 g/mol. The Labute approximate surface area is 179 Å². The Morgan fingerprint density at radius 2 is 2.13 bits per heavy atom. The fraction of sp³-hybridized carbons (Fsp3) is 0.217. The summed E-state index contributed by atoms with van der Waals surface area (Å²) < 4.78 is 7.69. The van der Waals surface area contributed by atoms with Gasteiger partial charge in [-0.25, -0.2) is 14.8 Å². The molecule has 0 fully saturated rings. The lowest BCUT2D eigenvalue weighted by Crippen LogP contribution is -2.33. The molecule has 1 aromatic carbocycles. The van der Waals surface area contributed by atoms with Gasteiger partial charge >= 0.3 is 6.03 Å². The van der Waals surface area contributed by atoms with Crippen LogP contribution in [-0.4, -0.2) is 31.6 Å². The zero-order chi connectivity index (χ0) is 21.4. The van der Waals surface area contributed by atoms with Gasteiger partial charge in [-0.05, 0) is 56.2 Å². The molecule has 0 spiro atoms. The van der Waals surface area contributed by atoms with Crippen LogP contribution in [0.15, 0.2) is 55.2 Å². The smallest absolute Gasteiger partial charge is 0.330 e. The highest BCUT2D eigenvalue weighted by atomic mass is 16.5. The Balaban J connectivity index is 1.39. The maximum absolute atomic E-state index is 12.7. The number of aromatic nitrogens is 4. The maximum Gasteiger partial charge on any atom is 0.330 e. The van der Waals surface area contributed by atoms with Crippen molar-refractivity contribution in [2.45, 2.75) is 32.9 Å². The molecule has 4 heterocycles. The Bertz CT molecular complexity index is 1280. The van der Waals surface area contributed by atoms with Crippen LogP contribution in [-0.2, 0) is 13.0 Å². The molecule has 4 aromatic rings. The summed E-state index contributed by atoms with van der Waals surface area (Å²) in [6.07, 6.45) is 7.46. The van der Waals surface area contributed by atoms with Gasteiger partial charge in [-0.15, -0.1) is 0 Å². The summed E-state index contributed by atoms with van der Waals surface area (Å²) in [5.74, 6) is 1.25. The van der Waals surface area contributed by atoms with Crippen molar-refractivity contribution in [3.8, 4) is 11.6 Å². The van der Waals surface area contributed by atoms with E-state index in [2.05, 4.69) is 32.5 Å². The van der Waals surface area contributed by atoms with E-state index in [1.165, 1.54) is 6.33 Å². The van der Waals surface area contributed by atoms with Crippen LogP contribution in [0.1, 0.15) is 23.7 Å². The van der Waals surface area contributed by atoms with E-state index in [1.54, 1.807) is 23.2 Å². The first-order valence-electron chi connectivity index (χ1n) is 10.1. The second kappa shape index (κ2) is 7.81. The topological polar surface area (TPSA) is 94.0 Å². The third-order valence-electron chi connectivity index (χ3n) is 5.34. The molecule has 1 atom stereocenters. The molecule has 1 aliphatic heterocycles. The van der Waals surface area contributed by atoms with Gasteiger partial charge in [-0.1, -0.05) is 0 Å². The average molecular weight is 414 g/mol. The Morgan fingerprint density at radius 3 is 3.00 bits per heavy atom. The van der Waals surface area contributed by atoms with Crippen molar-refractivity contribution in [2.24, 2.45) is 0 Å². The minimum atomic E-state index is -0.248. The lowest BCUT2D eigenvalue weighted by molar-refractivity contribution is 0.254. The number of hydrogen-bond donors (Lipinski definition) is 2. The van der Waals surface area contributed by atoms with Crippen LogP contribution >= 0.6 is 0 Å². The van der Waals surface area contributed by atoms with Gasteiger partial charge in [0.1, 0.15) is 12.1 Å². The number of amides is 1. The fourth-order valence-corrected chi connectivity index (χ4v) is 3.80. The van der Waals surface area contributed by atoms with Gasteiger partial charge in [0.2, 0.25) is 5.88 Å². The zero-order valence-electron chi connectivity index (χ0n) is 17.3. The predicted molar refractivity (Wildman–Crippen MR) is 117 cm³/mol. The monoisotopic (exact) mass is 414 g/mol. The van der Waals surface area contributed by atoms with Crippen LogP contribution < -0.4 is 15.4 Å².